The summed E-state index contributed by atoms with van der Waals surface area (Å²) in [4.78, 5) is 20.4. The summed E-state index contributed by atoms with van der Waals surface area (Å²) in [6.45, 7) is 4.28. The Morgan fingerprint density at radius 1 is 1.30 bits per heavy atom. The monoisotopic (exact) mass is 385 g/mol. The zero-order valence-electron chi connectivity index (χ0n) is 15.7. The lowest BCUT2D eigenvalue weighted by Crippen LogP contribution is -2.21. The van der Waals surface area contributed by atoms with E-state index < -0.39 is 0 Å². The van der Waals surface area contributed by atoms with Crippen LogP contribution >= 0.6 is 11.3 Å². The van der Waals surface area contributed by atoms with Gasteiger partial charge in [0.25, 0.3) is 0 Å². The number of carbonyl (C=O) groups excluding carboxylic acids is 1. The van der Waals surface area contributed by atoms with Crippen LogP contribution in [0.15, 0.2) is 30.5 Å². The van der Waals surface area contributed by atoms with Crippen molar-refractivity contribution >= 4 is 22.4 Å². The molecule has 1 amide bonds. The van der Waals surface area contributed by atoms with E-state index in [0.717, 1.165) is 30.9 Å². The Balaban J connectivity index is 1.22. The molecule has 1 aliphatic heterocycles. The highest BCUT2D eigenvalue weighted by Crippen LogP contribution is 2.43. The van der Waals surface area contributed by atoms with E-state index in [1.807, 2.05) is 30.5 Å². The number of ether oxygens (including phenoxy) is 1. The third-order valence-corrected chi connectivity index (χ3v) is 6.17. The van der Waals surface area contributed by atoms with Crippen LogP contribution in [0.25, 0.3) is 0 Å². The highest BCUT2D eigenvalue weighted by atomic mass is 32.1. The minimum atomic E-state index is -0.0297. The highest BCUT2D eigenvalue weighted by molar-refractivity contribution is 7.15. The Bertz CT molecular complexity index is 766. The van der Waals surface area contributed by atoms with Crippen LogP contribution in [0.4, 0.5) is 5.13 Å². The summed E-state index contributed by atoms with van der Waals surface area (Å²) in [6.07, 6.45) is 8.43. The van der Waals surface area contributed by atoms with E-state index >= 15 is 0 Å². The van der Waals surface area contributed by atoms with E-state index in [1.165, 1.54) is 43.6 Å². The van der Waals surface area contributed by atoms with Gasteiger partial charge in [-0.05, 0) is 68.8 Å². The molecule has 1 saturated heterocycles. The van der Waals surface area contributed by atoms with Crippen LogP contribution in [-0.2, 0) is 11.2 Å². The maximum absolute atomic E-state index is 12.3. The molecule has 0 bridgehead atoms. The number of hydrogen-bond acceptors (Lipinski definition) is 5. The van der Waals surface area contributed by atoms with Gasteiger partial charge in [-0.3, -0.25) is 4.79 Å². The first-order valence-corrected chi connectivity index (χ1v) is 10.8. The number of aromatic nitrogens is 1. The van der Waals surface area contributed by atoms with Crippen molar-refractivity contribution < 1.29 is 9.53 Å². The van der Waals surface area contributed by atoms with Crippen molar-refractivity contribution in [1.29, 1.82) is 0 Å². The maximum Gasteiger partial charge on any atom is 0.230 e. The maximum atomic E-state index is 12.3. The van der Waals surface area contributed by atoms with Crippen molar-refractivity contribution in [3.05, 3.63) is 40.9 Å². The van der Waals surface area contributed by atoms with E-state index in [1.54, 1.807) is 11.3 Å². The van der Waals surface area contributed by atoms with E-state index in [-0.39, 0.29) is 5.91 Å². The van der Waals surface area contributed by atoms with Gasteiger partial charge in [0, 0.05) is 17.6 Å². The van der Waals surface area contributed by atoms with Gasteiger partial charge < -0.3 is 15.0 Å². The summed E-state index contributed by atoms with van der Waals surface area (Å²) in [7, 11) is 0. The molecule has 0 unspecified atom stereocenters. The van der Waals surface area contributed by atoms with Crippen molar-refractivity contribution in [2.45, 2.75) is 44.4 Å². The predicted octanol–water partition coefficient (Wildman–Crippen LogP) is 4.07. The zero-order valence-corrected chi connectivity index (χ0v) is 16.5. The molecular weight excluding hydrogens is 358 g/mol. The molecule has 2 aromatic rings. The molecule has 4 rings (SSSR count). The number of anilines is 1. The second-order valence-electron chi connectivity index (χ2n) is 7.47. The molecule has 6 heteroatoms. The molecule has 2 heterocycles. The molecule has 27 heavy (non-hydrogen) atoms. The first kappa shape index (κ1) is 18.4. The van der Waals surface area contributed by atoms with Crippen LogP contribution in [0, 0.1) is 0 Å². The number of likely N-dealkylation sites (tertiary alicyclic amines) is 1. The van der Waals surface area contributed by atoms with Gasteiger partial charge in [-0.15, -0.1) is 11.3 Å². The summed E-state index contributed by atoms with van der Waals surface area (Å²) >= 11 is 1.60. The number of rotatable bonds is 9. The first-order chi connectivity index (χ1) is 13.3. The van der Waals surface area contributed by atoms with Gasteiger partial charge in [-0.2, -0.15) is 0 Å². The van der Waals surface area contributed by atoms with Gasteiger partial charge in [0.1, 0.15) is 5.75 Å². The molecule has 1 aromatic heterocycles. The molecule has 0 radical (unpaired) electrons. The van der Waals surface area contributed by atoms with Crippen molar-refractivity contribution in [3.8, 4) is 5.75 Å². The zero-order chi connectivity index (χ0) is 18.5. The minimum Gasteiger partial charge on any atom is -0.494 e. The summed E-state index contributed by atoms with van der Waals surface area (Å²) in [5, 5.41) is 3.62. The number of benzene rings is 1. The first-order valence-electron chi connectivity index (χ1n) is 9.96. The quantitative estimate of drug-likeness (QED) is 0.661. The second-order valence-corrected chi connectivity index (χ2v) is 8.53. The van der Waals surface area contributed by atoms with Gasteiger partial charge in [-0.25, -0.2) is 4.98 Å². The summed E-state index contributed by atoms with van der Waals surface area (Å²) in [6, 6.07) is 7.84. The lowest BCUT2D eigenvalue weighted by Gasteiger charge is -2.14. The molecule has 0 spiro atoms. The van der Waals surface area contributed by atoms with E-state index in [9.17, 15) is 4.79 Å². The molecule has 1 aromatic carbocycles. The molecule has 2 fully saturated rings. The predicted molar refractivity (Wildman–Crippen MR) is 109 cm³/mol. The molecular formula is C21H27N3O2S. The van der Waals surface area contributed by atoms with E-state index in [0.29, 0.717) is 17.5 Å². The third-order valence-electron chi connectivity index (χ3n) is 5.10. The van der Waals surface area contributed by atoms with Gasteiger partial charge in [-0.1, -0.05) is 12.1 Å². The largest absolute Gasteiger partial charge is 0.494 e. The number of thiazole rings is 1. The number of hydrogen-bond donors (Lipinski definition) is 1. The number of nitrogens with zero attached hydrogens (tertiary/aromatic N) is 2. The highest BCUT2D eigenvalue weighted by Gasteiger charge is 2.25. The summed E-state index contributed by atoms with van der Waals surface area (Å²) in [5.74, 6) is 1.48. The van der Waals surface area contributed by atoms with Gasteiger partial charge >= 0.3 is 0 Å². The Morgan fingerprint density at radius 3 is 2.96 bits per heavy atom. The standard InChI is InChI=1S/C21H27N3O2S/c25-20(23-21-22-15-19(27-21)17-7-8-17)14-16-5-3-6-18(13-16)26-12-4-11-24-9-1-2-10-24/h3,5-6,13,15,17H,1-2,4,7-12,14H2,(H,22,23,25). The van der Waals surface area contributed by atoms with Crippen LogP contribution < -0.4 is 10.1 Å². The van der Waals surface area contributed by atoms with Crippen LogP contribution in [0.5, 0.6) is 5.75 Å². The molecule has 0 atom stereocenters. The fraction of sp³-hybridized carbons (Fsp3) is 0.524. The van der Waals surface area contributed by atoms with Crippen LogP contribution in [-0.4, -0.2) is 42.0 Å². The fourth-order valence-electron chi connectivity index (χ4n) is 3.48. The van der Waals surface area contributed by atoms with Gasteiger partial charge in [0.2, 0.25) is 5.91 Å². The normalized spacial score (nSPS) is 17.2. The average molecular weight is 386 g/mol. The SMILES string of the molecule is O=C(Cc1cccc(OCCCN2CCCC2)c1)Nc1ncc(C2CC2)s1. The van der Waals surface area contributed by atoms with E-state index in [2.05, 4.69) is 15.2 Å². The van der Waals surface area contributed by atoms with Crippen LogP contribution in [0.3, 0.4) is 0 Å². The van der Waals surface area contributed by atoms with Crippen molar-refractivity contribution in [3.63, 3.8) is 0 Å². The molecule has 1 aliphatic carbocycles. The molecule has 5 nitrogen and oxygen atoms in total. The van der Waals surface area contributed by atoms with Crippen molar-refractivity contribution in [2.75, 3.05) is 31.6 Å². The van der Waals surface area contributed by atoms with Crippen LogP contribution in [0.2, 0.25) is 0 Å². The van der Waals surface area contributed by atoms with Crippen LogP contribution in [0.1, 0.15) is 48.5 Å². The van der Waals surface area contributed by atoms with E-state index in [4.69, 9.17) is 4.74 Å². The molecule has 144 valence electrons. The number of nitrogens with one attached hydrogen (secondary N) is 1. The van der Waals surface area contributed by atoms with Crippen molar-refractivity contribution in [2.24, 2.45) is 0 Å². The Kier molecular flexibility index (Phi) is 6.04. The Labute approximate surface area is 164 Å². The average Bonchev–Trinajstić information content (AvgIpc) is 3.18. The third kappa shape index (κ3) is 5.53. The molecule has 2 aliphatic rings. The minimum absolute atomic E-state index is 0.0297. The molecule has 1 N–H and O–H groups in total. The number of carbonyl (C=O) groups is 1. The van der Waals surface area contributed by atoms with Crippen molar-refractivity contribution in [1.82, 2.24) is 9.88 Å². The topological polar surface area (TPSA) is 54.5 Å². The lowest BCUT2D eigenvalue weighted by atomic mass is 10.1. The van der Waals surface area contributed by atoms with Gasteiger partial charge in [0.15, 0.2) is 5.13 Å². The Morgan fingerprint density at radius 2 is 2.15 bits per heavy atom. The molecule has 1 saturated carbocycles. The summed E-state index contributed by atoms with van der Waals surface area (Å²) in [5.41, 5.74) is 0.962. The number of amides is 1. The smallest absolute Gasteiger partial charge is 0.230 e. The second kappa shape index (κ2) is 8.85. The Hall–Kier alpha value is -1.92. The van der Waals surface area contributed by atoms with Gasteiger partial charge in [0.05, 0.1) is 13.0 Å². The lowest BCUT2D eigenvalue weighted by molar-refractivity contribution is -0.115. The fourth-order valence-corrected chi connectivity index (χ4v) is 4.48. The summed E-state index contributed by atoms with van der Waals surface area (Å²) < 4.78 is 5.87.